The van der Waals surface area contributed by atoms with Crippen molar-refractivity contribution in [1.29, 1.82) is 0 Å². The summed E-state index contributed by atoms with van der Waals surface area (Å²) in [4.78, 5) is 29.5. The Hall–Kier alpha value is -3.80. The Kier molecular flexibility index (Phi) is 7.17. The van der Waals surface area contributed by atoms with Gasteiger partial charge in [-0.15, -0.1) is 0 Å². The van der Waals surface area contributed by atoms with E-state index in [2.05, 4.69) is 55.0 Å². The van der Waals surface area contributed by atoms with Gasteiger partial charge in [0.1, 0.15) is 5.82 Å². The molecule has 1 aliphatic rings. The Morgan fingerprint density at radius 1 is 1.00 bits per heavy atom. The lowest BCUT2D eigenvalue weighted by atomic mass is 9.92. The van der Waals surface area contributed by atoms with Crippen LogP contribution in [-0.2, 0) is 13.0 Å². The first kappa shape index (κ1) is 24.9. The van der Waals surface area contributed by atoms with Gasteiger partial charge in [0.15, 0.2) is 0 Å². The van der Waals surface area contributed by atoms with Gasteiger partial charge >= 0.3 is 0 Å². The first-order valence-electron chi connectivity index (χ1n) is 13.3. The highest BCUT2D eigenvalue weighted by atomic mass is 16.1. The van der Waals surface area contributed by atoms with E-state index in [-0.39, 0.29) is 5.91 Å². The highest BCUT2D eigenvalue weighted by Gasteiger charge is 2.23. The van der Waals surface area contributed by atoms with Gasteiger partial charge in [-0.1, -0.05) is 32.9 Å². The van der Waals surface area contributed by atoms with Crippen LogP contribution in [0.3, 0.4) is 0 Å². The number of nitrogens with zero attached hydrogens (tertiary/aromatic N) is 4. The first-order chi connectivity index (χ1) is 17.9. The molecule has 0 saturated carbocycles. The molecule has 4 heterocycles. The van der Waals surface area contributed by atoms with E-state index in [0.717, 1.165) is 53.3 Å². The van der Waals surface area contributed by atoms with Crippen LogP contribution in [0.25, 0.3) is 22.3 Å². The summed E-state index contributed by atoms with van der Waals surface area (Å²) in [5.74, 6) is 2.25. The van der Waals surface area contributed by atoms with Crippen LogP contribution >= 0.6 is 0 Å². The molecule has 0 aliphatic carbocycles. The lowest BCUT2D eigenvalue weighted by molar-refractivity contribution is 0.0950. The summed E-state index contributed by atoms with van der Waals surface area (Å²) in [6, 6.07) is 18.0. The molecule has 4 aromatic rings. The molecule has 1 N–H and O–H groups in total. The van der Waals surface area contributed by atoms with E-state index in [1.165, 1.54) is 17.5 Å². The molecule has 3 aromatic heterocycles. The molecule has 2 unspecified atom stereocenters. The number of amides is 1. The van der Waals surface area contributed by atoms with Crippen molar-refractivity contribution >= 4 is 22.6 Å². The number of pyridine rings is 3. The Bertz CT molecular complexity index is 1420. The third kappa shape index (κ3) is 5.63. The largest absolute Gasteiger partial charge is 0.356 e. The number of anilines is 1. The number of hydrogen-bond donors (Lipinski definition) is 1. The van der Waals surface area contributed by atoms with E-state index in [1.54, 1.807) is 0 Å². The number of nitrogens with one attached hydrogen (secondary N) is 1. The Balaban J connectivity index is 1.34. The van der Waals surface area contributed by atoms with Gasteiger partial charge in [0.2, 0.25) is 0 Å². The molecule has 5 rings (SSSR count). The molecule has 0 radical (unpaired) electrons. The molecule has 1 aromatic carbocycles. The maximum absolute atomic E-state index is 12.7. The van der Waals surface area contributed by atoms with Crippen molar-refractivity contribution in [2.75, 3.05) is 18.0 Å². The van der Waals surface area contributed by atoms with E-state index in [4.69, 9.17) is 9.97 Å². The van der Waals surface area contributed by atoms with Crippen molar-refractivity contribution < 1.29 is 4.79 Å². The molecule has 6 nitrogen and oxygen atoms in total. The summed E-state index contributed by atoms with van der Waals surface area (Å²) in [5.41, 5.74) is 6.38. The van der Waals surface area contributed by atoms with Gasteiger partial charge in [0.05, 0.1) is 29.1 Å². The molecule has 6 heteroatoms. The van der Waals surface area contributed by atoms with Crippen LogP contribution in [0, 0.1) is 18.8 Å². The van der Waals surface area contributed by atoms with Crippen LogP contribution in [0.1, 0.15) is 54.4 Å². The fourth-order valence-electron chi connectivity index (χ4n) is 5.36. The fraction of sp³-hybridized carbons (Fsp3) is 0.355. The average Bonchev–Trinajstić information content (AvgIpc) is 2.91. The Labute approximate surface area is 219 Å². The van der Waals surface area contributed by atoms with Crippen LogP contribution < -0.4 is 10.2 Å². The third-order valence-electron chi connectivity index (χ3n) is 7.24. The van der Waals surface area contributed by atoms with Gasteiger partial charge in [-0.3, -0.25) is 9.78 Å². The molecule has 0 spiro atoms. The van der Waals surface area contributed by atoms with Crippen LogP contribution in [0.4, 0.5) is 5.82 Å². The van der Waals surface area contributed by atoms with Crippen molar-refractivity contribution in [1.82, 2.24) is 20.3 Å². The summed E-state index contributed by atoms with van der Waals surface area (Å²) < 4.78 is 0. The summed E-state index contributed by atoms with van der Waals surface area (Å²) in [6.45, 7) is 11.2. The Morgan fingerprint density at radius 2 is 1.78 bits per heavy atom. The molecule has 1 amide bonds. The van der Waals surface area contributed by atoms with Gasteiger partial charge < -0.3 is 10.2 Å². The maximum Gasteiger partial charge on any atom is 0.251 e. The molecule has 0 bridgehead atoms. The van der Waals surface area contributed by atoms with Gasteiger partial charge in [0.25, 0.3) is 5.91 Å². The SMILES string of the molecule is CCc1cc(C(=O)NCc2cc3nc(-c4cccc(N5CC(C)CC(C)C5)n4)ccc3cn2)ccc1C. The zero-order valence-corrected chi connectivity index (χ0v) is 22.2. The lowest BCUT2D eigenvalue weighted by Crippen LogP contribution is -2.39. The number of fused-ring (bicyclic) bond motifs is 1. The van der Waals surface area contributed by atoms with Crippen LogP contribution in [-0.4, -0.2) is 33.9 Å². The number of benzene rings is 1. The zero-order valence-electron chi connectivity index (χ0n) is 22.2. The van der Waals surface area contributed by atoms with Crippen LogP contribution in [0.5, 0.6) is 0 Å². The second-order valence-electron chi connectivity index (χ2n) is 10.5. The first-order valence-corrected chi connectivity index (χ1v) is 13.3. The molecular weight excluding hydrogens is 458 g/mol. The van der Waals surface area contributed by atoms with Gasteiger partial charge in [-0.05, 0) is 85.2 Å². The van der Waals surface area contributed by atoms with E-state index >= 15 is 0 Å². The van der Waals surface area contributed by atoms with Crippen molar-refractivity contribution in [3.63, 3.8) is 0 Å². The molecule has 190 valence electrons. The molecule has 1 fully saturated rings. The second kappa shape index (κ2) is 10.7. The summed E-state index contributed by atoms with van der Waals surface area (Å²) >= 11 is 0. The number of aryl methyl sites for hydroxylation is 2. The standard InChI is InChI=1S/C31H35N5O/c1-5-23-14-24(10-9-22(23)4)31(37)33-17-26-15-29-25(16-32-26)11-12-28(34-29)27-7-6-8-30(35-27)36-18-20(2)13-21(3)19-36/h6-12,14-16,20-21H,5,13,17-19H2,1-4H3,(H,33,37). The molecule has 2 atom stereocenters. The molecule has 1 aliphatic heterocycles. The third-order valence-corrected chi connectivity index (χ3v) is 7.24. The monoisotopic (exact) mass is 493 g/mol. The maximum atomic E-state index is 12.7. The number of rotatable bonds is 6. The van der Waals surface area contributed by atoms with Gasteiger partial charge in [0, 0.05) is 30.2 Å². The predicted octanol–water partition coefficient (Wildman–Crippen LogP) is 5.97. The number of carbonyl (C=O) groups excluding carboxylic acids is 1. The smallest absolute Gasteiger partial charge is 0.251 e. The van der Waals surface area contributed by atoms with Crippen molar-refractivity contribution in [2.24, 2.45) is 11.8 Å². The van der Waals surface area contributed by atoms with E-state index in [0.29, 0.717) is 23.9 Å². The van der Waals surface area contributed by atoms with Crippen molar-refractivity contribution in [3.05, 3.63) is 83.2 Å². The van der Waals surface area contributed by atoms with E-state index in [1.807, 2.05) is 48.7 Å². The summed E-state index contributed by atoms with van der Waals surface area (Å²) in [5, 5.41) is 3.96. The zero-order chi connectivity index (χ0) is 25.9. The summed E-state index contributed by atoms with van der Waals surface area (Å²) in [6.07, 6.45) is 3.99. The number of hydrogen-bond acceptors (Lipinski definition) is 5. The lowest BCUT2D eigenvalue weighted by Gasteiger charge is -2.35. The number of piperidine rings is 1. The highest BCUT2D eigenvalue weighted by Crippen LogP contribution is 2.27. The molecule has 37 heavy (non-hydrogen) atoms. The number of aromatic nitrogens is 3. The van der Waals surface area contributed by atoms with Crippen LogP contribution in [0.2, 0.25) is 0 Å². The van der Waals surface area contributed by atoms with Gasteiger partial charge in [-0.2, -0.15) is 0 Å². The number of carbonyl (C=O) groups is 1. The molecule has 1 saturated heterocycles. The second-order valence-corrected chi connectivity index (χ2v) is 10.5. The topological polar surface area (TPSA) is 71.0 Å². The minimum absolute atomic E-state index is 0.0966. The average molecular weight is 494 g/mol. The van der Waals surface area contributed by atoms with Gasteiger partial charge in [-0.25, -0.2) is 9.97 Å². The normalized spacial score (nSPS) is 17.7. The van der Waals surface area contributed by atoms with Crippen molar-refractivity contribution in [3.8, 4) is 11.4 Å². The highest BCUT2D eigenvalue weighted by molar-refractivity contribution is 5.94. The predicted molar refractivity (Wildman–Crippen MR) is 150 cm³/mol. The Morgan fingerprint density at radius 3 is 2.57 bits per heavy atom. The van der Waals surface area contributed by atoms with Crippen LogP contribution in [0.15, 0.2) is 60.8 Å². The summed E-state index contributed by atoms with van der Waals surface area (Å²) in [7, 11) is 0. The van der Waals surface area contributed by atoms with E-state index in [9.17, 15) is 4.79 Å². The minimum atomic E-state index is -0.0966. The van der Waals surface area contributed by atoms with E-state index < -0.39 is 0 Å². The fourth-order valence-corrected chi connectivity index (χ4v) is 5.36. The van der Waals surface area contributed by atoms with Crippen molar-refractivity contribution in [2.45, 2.75) is 47.1 Å². The quantitative estimate of drug-likeness (QED) is 0.358. The molecular formula is C31H35N5O. The minimum Gasteiger partial charge on any atom is -0.356 e.